The Bertz CT molecular complexity index is 1890. The van der Waals surface area contributed by atoms with E-state index >= 15 is 0 Å². The molecule has 0 saturated carbocycles. The smallest absolute Gasteiger partial charge is 0.271 e. The number of benzene rings is 4. The molecule has 2 aromatic heterocycles. The van der Waals surface area contributed by atoms with Crippen molar-refractivity contribution in [1.29, 1.82) is 0 Å². The Balaban J connectivity index is 1.18. The Kier molecular flexibility index (Phi) is 7.47. The van der Waals surface area contributed by atoms with E-state index in [2.05, 4.69) is 56.9 Å². The quantitative estimate of drug-likeness (QED) is 0.150. The van der Waals surface area contributed by atoms with Gasteiger partial charge in [0.2, 0.25) is 0 Å². The Labute approximate surface area is 248 Å². The number of fused-ring (bicyclic) bond motifs is 1. The van der Waals surface area contributed by atoms with Crippen molar-refractivity contribution < 1.29 is 4.79 Å². The second-order valence-corrected chi connectivity index (χ2v) is 10.6. The number of nitrogens with zero attached hydrogens (tertiary/aromatic N) is 3. The lowest BCUT2D eigenvalue weighted by Gasteiger charge is -2.12. The van der Waals surface area contributed by atoms with Crippen molar-refractivity contribution in [3.05, 3.63) is 148 Å². The summed E-state index contributed by atoms with van der Waals surface area (Å²) in [5, 5.41) is 6.36. The van der Waals surface area contributed by atoms with Crippen LogP contribution in [0.25, 0.3) is 27.8 Å². The van der Waals surface area contributed by atoms with Crippen LogP contribution in [-0.4, -0.2) is 21.3 Å². The minimum absolute atomic E-state index is 0.278. The summed E-state index contributed by atoms with van der Waals surface area (Å²) in [5.41, 5.74) is 10.5. The Morgan fingerprint density at radius 3 is 2.39 bits per heavy atom. The molecule has 7 heteroatoms. The molecule has 0 aliphatic rings. The summed E-state index contributed by atoms with van der Waals surface area (Å²) in [6.07, 6.45) is 3.69. The van der Waals surface area contributed by atoms with Gasteiger partial charge in [-0.2, -0.15) is 5.10 Å². The molecule has 2 heterocycles. The molecular weight excluding hydrogens is 551 g/mol. The molecule has 1 amide bonds. The molecule has 0 saturated heterocycles. The number of aryl methyl sites for hydroxylation is 1. The van der Waals surface area contributed by atoms with Crippen LogP contribution in [0.5, 0.6) is 0 Å². The lowest BCUT2D eigenvalue weighted by molar-refractivity contribution is 0.0955. The summed E-state index contributed by atoms with van der Waals surface area (Å²) in [6.45, 7) is 2.69. The van der Waals surface area contributed by atoms with Crippen LogP contribution in [0.1, 0.15) is 27.2 Å². The predicted octanol–water partition coefficient (Wildman–Crippen LogP) is 8.53. The van der Waals surface area contributed by atoms with E-state index in [1.807, 2.05) is 79.0 Å². The third kappa shape index (κ3) is 5.55. The highest BCUT2D eigenvalue weighted by Crippen LogP contribution is 2.27. The molecule has 0 aliphatic carbocycles. The number of hydrogen-bond acceptors (Lipinski definition) is 2. The van der Waals surface area contributed by atoms with Gasteiger partial charge in [-0.25, -0.2) is 5.43 Å². The van der Waals surface area contributed by atoms with Gasteiger partial charge < -0.3 is 9.13 Å². The molecule has 0 fully saturated rings. The van der Waals surface area contributed by atoms with Crippen LogP contribution in [0.15, 0.2) is 120 Å². The van der Waals surface area contributed by atoms with E-state index in [0.29, 0.717) is 22.2 Å². The summed E-state index contributed by atoms with van der Waals surface area (Å²) in [4.78, 5) is 12.9. The first-order chi connectivity index (χ1) is 20.0. The summed E-state index contributed by atoms with van der Waals surface area (Å²) in [5.74, 6) is -0.278. The summed E-state index contributed by atoms with van der Waals surface area (Å²) >= 11 is 12.3. The van der Waals surface area contributed by atoms with Gasteiger partial charge in [-0.05, 0) is 72.6 Å². The van der Waals surface area contributed by atoms with Crippen LogP contribution in [0.3, 0.4) is 0 Å². The molecule has 6 aromatic rings. The van der Waals surface area contributed by atoms with Crippen LogP contribution in [-0.2, 0) is 6.54 Å². The van der Waals surface area contributed by atoms with Gasteiger partial charge in [0.1, 0.15) is 0 Å². The highest BCUT2D eigenvalue weighted by Gasteiger charge is 2.12. The Morgan fingerprint density at radius 2 is 1.61 bits per heavy atom. The fraction of sp³-hybridized carbons (Fsp3) is 0.0588. The van der Waals surface area contributed by atoms with E-state index in [9.17, 15) is 4.79 Å². The van der Waals surface area contributed by atoms with Gasteiger partial charge in [0.05, 0.1) is 22.0 Å². The average molecular weight is 578 g/mol. The highest BCUT2D eigenvalue weighted by molar-refractivity contribution is 6.42. The van der Waals surface area contributed by atoms with Gasteiger partial charge >= 0.3 is 0 Å². The number of aromatic nitrogens is 2. The van der Waals surface area contributed by atoms with E-state index in [-0.39, 0.29) is 5.91 Å². The number of hydrazone groups is 1. The van der Waals surface area contributed by atoms with Crippen LogP contribution in [0, 0.1) is 6.92 Å². The number of halogens is 2. The van der Waals surface area contributed by atoms with E-state index in [4.69, 9.17) is 23.2 Å². The van der Waals surface area contributed by atoms with Gasteiger partial charge in [-0.3, -0.25) is 4.79 Å². The van der Waals surface area contributed by atoms with Crippen LogP contribution in [0.2, 0.25) is 10.0 Å². The van der Waals surface area contributed by atoms with E-state index < -0.39 is 0 Å². The van der Waals surface area contributed by atoms with Gasteiger partial charge in [0, 0.05) is 46.2 Å². The molecule has 41 heavy (non-hydrogen) atoms. The maximum absolute atomic E-state index is 12.9. The molecule has 6 rings (SSSR count). The van der Waals surface area contributed by atoms with Crippen molar-refractivity contribution in [2.24, 2.45) is 5.10 Å². The van der Waals surface area contributed by atoms with Gasteiger partial charge in [0.25, 0.3) is 5.91 Å². The zero-order valence-electron chi connectivity index (χ0n) is 22.3. The van der Waals surface area contributed by atoms with Crippen molar-refractivity contribution in [2.75, 3.05) is 0 Å². The molecule has 4 aromatic carbocycles. The van der Waals surface area contributed by atoms with Crippen LogP contribution in [0.4, 0.5) is 0 Å². The second kappa shape index (κ2) is 11.5. The number of nitrogens with one attached hydrogen (secondary N) is 1. The number of carbonyl (C=O) groups excluding carboxylic acids is 1. The Morgan fingerprint density at radius 1 is 0.854 bits per heavy atom. The summed E-state index contributed by atoms with van der Waals surface area (Å²) < 4.78 is 4.31. The van der Waals surface area contributed by atoms with E-state index in [1.54, 1.807) is 12.3 Å². The first-order valence-corrected chi connectivity index (χ1v) is 13.9. The SMILES string of the molecule is Cc1ccc(-c2ccccc2)n1-c1ccc(C(=O)N/N=C/c2cn(Cc3ccc(Cl)c(Cl)c3)c3ccccc23)cc1. The van der Waals surface area contributed by atoms with Crippen molar-refractivity contribution in [3.8, 4) is 16.9 Å². The largest absolute Gasteiger partial charge is 0.342 e. The molecule has 0 bridgehead atoms. The van der Waals surface area contributed by atoms with Gasteiger partial charge in [-0.1, -0.05) is 77.8 Å². The van der Waals surface area contributed by atoms with Crippen molar-refractivity contribution >= 4 is 46.2 Å². The van der Waals surface area contributed by atoms with Crippen LogP contribution < -0.4 is 5.43 Å². The van der Waals surface area contributed by atoms with Crippen molar-refractivity contribution in [1.82, 2.24) is 14.6 Å². The average Bonchev–Trinajstić information content (AvgIpc) is 3.55. The fourth-order valence-electron chi connectivity index (χ4n) is 5.05. The number of para-hydroxylation sites is 1. The minimum atomic E-state index is -0.278. The minimum Gasteiger partial charge on any atom is -0.342 e. The lowest BCUT2D eigenvalue weighted by Crippen LogP contribution is -2.17. The summed E-state index contributed by atoms with van der Waals surface area (Å²) in [7, 11) is 0. The standard InChI is InChI=1S/C34H26Cl2N4O/c1-23-11-18-32(25-7-3-2-4-8-25)40(23)28-15-13-26(14-16-28)34(41)38-37-20-27-22-39(33-10-6-5-9-29(27)33)21-24-12-17-30(35)31(36)19-24/h2-20,22H,21H2,1H3,(H,38,41)/b37-20+. The third-order valence-electron chi connectivity index (χ3n) is 7.06. The molecule has 0 atom stereocenters. The normalized spacial score (nSPS) is 11.4. The molecule has 202 valence electrons. The highest BCUT2D eigenvalue weighted by atomic mass is 35.5. The third-order valence-corrected chi connectivity index (χ3v) is 7.80. The molecule has 0 aliphatic heterocycles. The second-order valence-electron chi connectivity index (χ2n) is 9.79. The number of carbonyl (C=O) groups is 1. The first-order valence-electron chi connectivity index (χ1n) is 13.2. The topological polar surface area (TPSA) is 51.3 Å². The maximum Gasteiger partial charge on any atom is 0.271 e. The molecule has 0 radical (unpaired) electrons. The summed E-state index contributed by atoms with van der Waals surface area (Å²) in [6, 6.07) is 35.7. The maximum atomic E-state index is 12.9. The fourth-order valence-corrected chi connectivity index (χ4v) is 5.37. The van der Waals surface area contributed by atoms with Crippen molar-refractivity contribution in [2.45, 2.75) is 13.5 Å². The van der Waals surface area contributed by atoms with Crippen molar-refractivity contribution in [3.63, 3.8) is 0 Å². The molecular formula is C34H26Cl2N4O. The molecule has 5 nitrogen and oxygen atoms in total. The number of amides is 1. The monoisotopic (exact) mass is 576 g/mol. The molecule has 0 spiro atoms. The zero-order chi connectivity index (χ0) is 28.3. The Hall–Kier alpha value is -4.58. The van der Waals surface area contributed by atoms with Gasteiger partial charge in [-0.15, -0.1) is 0 Å². The molecule has 1 N–H and O–H groups in total. The number of hydrogen-bond donors (Lipinski definition) is 1. The van der Waals surface area contributed by atoms with Crippen LogP contribution >= 0.6 is 23.2 Å². The number of rotatable bonds is 7. The predicted molar refractivity (Wildman–Crippen MR) is 169 cm³/mol. The van der Waals surface area contributed by atoms with Gasteiger partial charge in [0.15, 0.2) is 0 Å². The first kappa shape index (κ1) is 26.6. The molecule has 0 unspecified atom stereocenters. The lowest BCUT2D eigenvalue weighted by atomic mass is 10.1. The van der Waals surface area contributed by atoms with E-state index in [1.165, 1.54) is 0 Å². The van der Waals surface area contributed by atoms with E-state index in [0.717, 1.165) is 44.7 Å². The zero-order valence-corrected chi connectivity index (χ0v) is 23.8.